The van der Waals surface area contributed by atoms with Gasteiger partial charge in [0.1, 0.15) is 30.0 Å². The molecule has 2 aromatic carbocycles. The highest BCUT2D eigenvalue weighted by molar-refractivity contribution is 6.04. The van der Waals surface area contributed by atoms with Crippen LogP contribution in [-0.4, -0.2) is 32.0 Å². The maximum absolute atomic E-state index is 12.5. The number of hydrogen-bond acceptors (Lipinski definition) is 6. The first kappa shape index (κ1) is 22.0. The van der Waals surface area contributed by atoms with Gasteiger partial charge >= 0.3 is 0 Å². The summed E-state index contributed by atoms with van der Waals surface area (Å²) in [5.74, 6) is 2.22. The number of anilines is 1. The molecule has 4 aromatic rings. The molecule has 0 atom stereocenters. The molecule has 2 aromatic heterocycles. The number of hydrogen-bond donors (Lipinski definition) is 1. The molecule has 8 heteroatoms. The Labute approximate surface area is 192 Å². The van der Waals surface area contributed by atoms with Gasteiger partial charge in [-0.25, -0.2) is 15.0 Å². The van der Waals surface area contributed by atoms with Gasteiger partial charge in [0, 0.05) is 29.7 Å². The average molecular weight is 444 g/mol. The van der Waals surface area contributed by atoms with Crippen LogP contribution in [0.1, 0.15) is 36.5 Å². The lowest BCUT2D eigenvalue weighted by molar-refractivity contribution is 0.102. The van der Waals surface area contributed by atoms with Gasteiger partial charge < -0.3 is 14.8 Å². The first-order valence-corrected chi connectivity index (χ1v) is 10.8. The molecule has 0 saturated heterocycles. The Morgan fingerprint density at radius 1 is 1.00 bits per heavy atom. The number of nitrogens with one attached hydrogen (secondary N) is 1. The van der Waals surface area contributed by atoms with Gasteiger partial charge in [-0.1, -0.05) is 19.8 Å². The topological polar surface area (TPSA) is 91.2 Å². The zero-order chi connectivity index (χ0) is 22.9. The fraction of sp³-hybridized carbons (Fsp3) is 0.200. The van der Waals surface area contributed by atoms with E-state index in [0.29, 0.717) is 35.3 Å². The second-order valence-corrected chi connectivity index (χ2v) is 7.34. The van der Waals surface area contributed by atoms with Crippen LogP contribution in [0.5, 0.6) is 17.4 Å². The summed E-state index contributed by atoms with van der Waals surface area (Å²) in [4.78, 5) is 24.9. The van der Waals surface area contributed by atoms with Crippen molar-refractivity contribution in [2.24, 2.45) is 0 Å². The van der Waals surface area contributed by atoms with Gasteiger partial charge in [-0.15, -0.1) is 0 Å². The molecule has 33 heavy (non-hydrogen) atoms. The number of amides is 1. The molecule has 0 unspecified atom stereocenters. The highest BCUT2D eigenvalue weighted by Gasteiger charge is 2.08. The molecule has 168 valence electrons. The van der Waals surface area contributed by atoms with Crippen molar-refractivity contribution in [3.63, 3.8) is 0 Å². The maximum Gasteiger partial charge on any atom is 0.255 e. The molecule has 0 radical (unpaired) electrons. The number of carbonyl (C=O) groups is 1. The Kier molecular flexibility index (Phi) is 7.27. The molecular weight excluding hydrogens is 418 g/mol. The fourth-order valence-electron chi connectivity index (χ4n) is 3.10. The van der Waals surface area contributed by atoms with Crippen LogP contribution in [0.4, 0.5) is 5.69 Å². The molecule has 0 fully saturated rings. The van der Waals surface area contributed by atoms with Crippen LogP contribution in [0.25, 0.3) is 5.82 Å². The van der Waals surface area contributed by atoms with Crippen LogP contribution >= 0.6 is 0 Å². The van der Waals surface area contributed by atoms with Crippen molar-refractivity contribution in [3.05, 3.63) is 85.2 Å². The number of ether oxygens (including phenoxy) is 2. The van der Waals surface area contributed by atoms with Gasteiger partial charge in [-0.2, -0.15) is 0 Å². The summed E-state index contributed by atoms with van der Waals surface area (Å²) < 4.78 is 13.3. The van der Waals surface area contributed by atoms with E-state index in [0.717, 1.165) is 25.0 Å². The van der Waals surface area contributed by atoms with Crippen LogP contribution in [0.3, 0.4) is 0 Å². The van der Waals surface area contributed by atoms with Gasteiger partial charge in [0.2, 0.25) is 5.88 Å². The van der Waals surface area contributed by atoms with Crippen LogP contribution < -0.4 is 14.8 Å². The molecule has 1 amide bonds. The van der Waals surface area contributed by atoms with Crippen molar-refractivity contribution in [2.45, 2.75) is 26.2 Å². The van der Waals surface area contributed by atoms with E-state index in [2.05, 4.69) is 27.2 Å². The quantitative estimate of drug-likeness (QED) is 0.336. The third kappa shape index (κ3) is 6.16. The number of imidazole rings is 1. The van der Waals surface area contributed by atoms with E-state index < -0.39 is 0 Å². The second-order valence-electron chi connectivity index (χ2n) is 7.34. The van der Waals surface area contributed by atoms with E-state index in [1.54, 1.807) is 65.8 Å². The minimum atomic E-state index is -0.193. The third-order valence-electron chi connectivity index (χ3n) is 4.86. The van der Waals surface area contributed by atoms with Crippen molar-refractivity contribution >= 4 is 11.6 Å². The minimum Gasteiger partial charge on any atom is -0.494 e. The number of aromatic nitrogens is 4. The summed E-state index contributed by atoms with van der Waals surface area (Å²) in [6.07, 6.45) is 9.88. The summed E-state index contributed by atoms with van der Waals surface area (Å²) in [5.41, 5.74) is 1.22. The van der Waals surface area contributed by atoms with Crippen molar-refractivity contribution in [2.75, 3.05) is 11.9 Å². The van der Waals surface area contributed by atoms with Gasteiger partial charge in [0.25, 0.3) is 5.91 Å². The summed E-state index contributed by atoms with van der Waals surface area (Å²) >= 11 is 0. The number of benzene rings is 2. The Hall–Kier alpha value is -4.20. The molecule has 0 aliphatic rings. The zero-order valence-corrected chi connectivity index (χ0v) is 18.3. The van der Waals surface area contributed by atoms with Gasteiger partial charge in [-0.05, 0) is 55.0 Å². The molecule has 0 spiro atoms. The minimum absolute atomic E-state index is 0.193. The van der Waals surface area contributed by atoms with Crippen LogP contribution in [-0.2, 0) is 0 Å². The molecule has 0 bridgehead atoms. The summed E-state index contributed by atoms with van der Waals surface area (Å²) in [7, 11) is 0. The molecular formula is C25H25N5O3. The molecule has 0 saturated carbocycles. The first-order chi connectivity index (χ1) is 16.2. The normalized spacial score (nSPS) is 10.6. The summed E-state index contributed by atoms with van der Waals surface area (Å²) in [6.45, 7) is 2.85. The van der Waals surface area contributed by atoms with Gasteiger partial charge in [0.15, 0.2) is 0 Å². The van der Waals surface area contributed by atoms with Gasteiger partial charge in [0.05, 0.1) is 6.61 Å². The Morgan fingerprint density at radius 3 is 2.52 bits per heavy atom. The summed E-state index contributed by atoms with van der Waals surface area (Å²) in [6, 6.07) is 15.9. The Morgan fingerprint density at radius 2 is 1.79 bits per heavy atom. The highest BCUT2D eigenvalue weighted by atomic mass is 16.5. The van der Waals surface area contributed by atoms with E-state index in [9.17, 15) is 4.79 Å². The predicted octanol–water partition coefficient (Wildman–Crippen LogP) is 5.28. The van der Waals surface area contributed by atoms with E-state index in [1.807, 2.05) is 12.1 Å². The van der Waals surface area contributed by atoms with E-state index in [1.165, 1.54) is 6.33 Å². The zero-order valence-electron chi connectivity index (χ0n) is 18.3. The Bertz CT molecular complexity index is 1160. The Balaban J connectivity index is 1.32. The van der Waals surface area contributed by atoms with E-state index >= 15 is 0 Å². The lowest BCUT2D eigenvalue weighted by atomic mass is 10.2. The largest absolute Gasteiger partial charge is 0.494 e. The molecule has 8 nitrogen and oxygen atoms in total. The molecule has 2 heterocycles. The predicted molar refractivity (Wildman–Crippen MR) is 125 cm³/mol. The van der Waals surface area contributed by atoms with E-state index in [4.69, 9.17) is 9.47 Å². The third-order valence-corrected chi connectivity index (χ3v) is 4.86. The SMILES string of the molecule is CCCCCOc1ccc(C(=O)Nc2ccc(Oc3cc(-n4ccnc4)ncn3)cc2)cc1. The summed E-state index contributed by atoms with van der Waals surface area (Å²) in [5, 5.41) is 2.89. The van der Waals surface area contributed by atoms with Gasteiger partial charge in [-0.3, -0.25) is 9.36 Å². The van der Waals surface area contributed by atoms with Crippen LogP contribution in [0.15, 0.2) is 79.6 Å². The maximum atomic E-state index is 12.5. The lowest BCUT2D eigenvalue weighted by Crippen LogP contribution is -2.11. The second kappa shape index (κ2) is 10.9. The first-order valence-electron chi connectivity index (χ1n) is 10.8. The van der Waals surface area contributed by atoms with Crippen LogP contribution in [0, 0.1) is 0 Å². The van der Waals surface area contributed by atoms with Crippen molar-refractivity contribution in [1.29, 1.82) is 0 Å². The van der Waals surface area contributed by atoms with Crippen LogP contribution in [0.2, 0.25) is 0 Å². The molecule has 0 aliphatic carbocycles. The number of rotatable bonds is 10. The van der Waals surface area contributed by atoms with Crippen molar-refractivity contribution < 1.29 is 14.3 Å². The number of unbranched alkanes of at least 4 members (excludes halogenated alkanes) is 2. The van der Waals surface area contributed by atoms with E-state index in [-0.39, 0.29) is 5.91 Å². The average Bonchev–Trinajstić information content (AvgIpc) is 3.39. The monoisotopic (exact) mass is 443 g/mol. The highest BCUT2D eigenvalue weighted by Crippen LogP contribution is 2.23. The van der Waals surface area contributed by atoms with Crippen molar-refractivity contribution in [1.82, 2.24) is 19.5 Å². The smallest absolute Gasteiger partial charge is 0.255 e. The molecule has 0 aliphatic heterocycles. The van der Waals surface area contributed by atoms with Crippen molar-refractivity contribution in [3.8, 4) is 23.2 Å². The number of carbonyl (C=O) groups excluding carboxylic acids is 1. The number of nitrogens with zero attached hydrogens (tertiary/aromatic N) is 4. The fourth-order valence-corrected chi connectivity index (χ4v) is 3.10. The standard InChI is InChI=1S/C25H25N5O3/c1-2-3-4-15-32-21-9-5-19(6-10-21)25(31)29-20-7-11-22(12-8-20)33-24-16-23(27-17-28-24)30-14-13-26-18-30/h5-14,16-18H,2-4,15H2,1H3,(H,29,31). The lowest BCUT2D eigenvalue weighted by Gasteiger charge is -2.09. The molecule has 4 rings (SSSR count). The molecule has 1 N–H and O–H groups in total.